The molecular formula is C20H23NO2. The molecular weight excluding hydrogens is 286 g/mol. The highest BCUT2D eigenvalue weighted by Gasteiger charge is 2.38. The summed E-state index contributed by atoms with van der Waals surface area (Å²) in [5.41, 5.74) is 6.54. The number of hydrogen-bond acceptors (Lipinski definition) is 3. The molecule has 3 nitrogen and oxygen atoms in total. The van der Waals surface area contributed by atoms with Gasteiger partial charge in [-0.1, -0.05) is 24.3 Å². The lowest BCUT2D eigenvalue weighted by Crippen LogP contribution is -2.39. The van der Waals surface area contributed by atoms with Crippen molar-refractivity contribution in [3.63, 3.8) is 0 Å². The summed E-state index contributed by atoms with van der Waals surface area (Å²) in [6.45, 7) is 4.51. The van der Waals surface area contributed by atoms with E-state index >= 15 is 0 Å². The molecule has 4 rings (SSSR count). The predicted octanol–water partition coefficient (Wildman–Crippen LogP) is 1.68. The maximum Gasteiger partial charge on any atom is 0.0616 e. The third kappa shape index (κ3) is 2.03. The van der Waals surface area contributed by atoms with Crippen LogP contribution in [0.5, 0.6) is 0 Å². The van der Waals surface area contributed by atoms with Gasteiger partial charge < -0.3 is 14.8 Å². The summed E-state index contributed by atoms with van der Waals surface area (Å²) in [5, 5.41) is 6.28. The normalized spacial score (nSPS) is 19.6. The van der Waals surface area contributed by atoms with Crippen molar-refractivity contribution in [3.05, 3.63) is 51.4 Å². The average Bonchev–Trinajstić information content (AvgIpc) is 3.12. The minimum Gasteiger partial charge on any atom is -0.384 e. The van der Waals surface area contributed by atoms with Crippen LogP contribution in [0.2, 0.25) is 0 Å². The number of methoxy groups -OCH3 is 2. The maximum atomic E-state index is 5.58. The highest BCUT2D eigenvalue weighted by molar-refractivity contribution is 5.90. The second-order valence-electron chi connectivity index (χ2n) is 6.72. The first-order chi connectivity index (χ1) is 11.2. The van der Waals surface area contributed by atoms with E-state index in [-0.39, 0.29) is 5.41 Å². The molecule has 0 aromatic heterocycles. The molecule has 0 spiro atoms. The Morgan fingerprint density at radius 2 is 2.00 bits per heavy atom. The number of nitrogens with one attached hydrogen (secondary N) is 1. The maximum absolute atomic E-state index is 5.58. The molecule has 0 amide bonds. The fourth-order valence-electron chi connectivity index (χ4n) is 4.38. The fourth-order valence-corrected chi connectivity index (χ4v) is 4.38. The Bertz CT molecular complexity index is 839. The summed E-state index contributed by atoms with van der Waals surface area (Å²) >= 11 is 0. The Hall–Kier alpha value is -1.84. The highest BCUT2D eigenvalue weighted by atomic mass is 16.5. The van der Waals surface area contributed by atoms with E-state index in [1.165, 1.54) is 38.4 Å². The van der Waals surface area contributed by atoms with Gasteiger partial charge >= 0.3 is 0 Å². The number of aryl methyl sites for hydroxylation is 1. The molecule has 1 N–H and O–H groups in total. The van der Waals surface area contributed by atoms with Crippen LogP contribution in [0, 0.1) is 12.3 Å². The molecule has 0 saturated carbocycles. The zero-order valence-corrected chi connectivity index (χ0v) is 14.0. The van der Waals surface area contributed by atoms with Crippen molar-refractivity contribution >= 4 is 17.3 Å². The summed E-state index contributed by atoms with van der Waals surface area (Å²) in [6, 6.07) is 2.35. The molecule has 2 aliphatic carbocycles. The van der Waals surface area contributed by atoms with Crippen LogP contribution in [0.4, 0.5) is 5.69 Å². The number of fused-ring (bicyclic) bond motifs is 4. The molecule has 0 fully saturated rings. The zero-order valence-electron chi connectivity index (χ0n) is 14.0. The van der Waals surface area contributed by atoms with Crippen LogP contribution in [-0.2, 0) is 15.9 Å². The summed E-state index contributed by atoms with van der Waals surface area (Å²) in [4.78, 5) is 0. The van der Waals surface area contributed by atoms with E-state index in [2.05, 4.69) is 42.6 Å². The van der Waals surface area contributed by atoms with Crippen molar-refractivity contribution in [2.24, 2.45) is 5.41 Å². The molecule has 1 heterocycles. The number of rotatable bonds is 4. The van der Waals surface area contributed by atoms with Gasteiger partial charge in [0.1, 0.15) is 0 Å². The van der Waals surface area contributed by atoms with Gasteiger partial charge in [0.15, 0.2) is 0 Å². The molecule has 1 aliphatic heterocycles. The molecule has 1 aromatic rings. The summed E-state index contributed by atoms with van der Waals surface area (Å²) in [5.74, 6) is 0. The Kier molecular flexibility index (Phi) is 3.43. The molecule has 3 aliphatic rings. The number of anilines is 1. The lowest BCUT2D eigenvalue weighted by Gasteiger charge is -2.34. The van der Waals surface area contributed by atoms with E-state index in [0.717, 1.165) is 13.0 Å². The van der Waals surface area contributed by atoms with E-state index < -0.39 is 0 Å². The van der Waals surface area contributed by atoms with Crippen LogP contribution in [0.15, 0.2) is 29.9 Å². The Morgan fingerprint density at radius 3 is 2.74 bits per heavy atom. The van der Waals surface area contributed by atoms with E-state index in [4.69, 9.17) is 9.47 Å². The van der Waals surface area contributed by atoms with E-state index in [1.54, 1.807) is 14.2 Å². The van der Waals surface area contributed by atoms with Crippen LogP contribution in [-0.4, -0.2) is 34.0 Å². The minimum absolute atomic E-state index is 0.215. The standard InChI is InChI=1S/C20H23NO2/c1-13-9-15-6-8-21-19(15)16-10-14-5-4-7-20(11-22-2,12-23-3)18(14)17(13)16/h4-5,7,9-10,21H,6,8,11-12H2,1-3H3. The van der Waals surface area contributed by atoms with Gasteiger partial charge in [0, 0.05) is 31.7 Å². The predicted molar refractivity (Wildman–Crippen MR) is 93.9 cm³/mol. The first-order valence-corrected chi connectivity index (χ1v) is 8.21. The second-order valence-corrected chi connectivity index (χ2v) is 6.72. The SMILES string of the molecule is COCC1(COC)C=CC=C2C=c3c4c(cc(C)c3=C21)CCN4. The van der Waals surface area contributed by atoms with Crippen molar-refractivity contribution in [3.8, 4) is 0 Å². The molecule has 0 bridgehead atoms. The topological polar surface area (TPSA) is 30.5 Å². The number of ether oxygens (including phenoxy) is 2. The molecule has 0 radical (unpaired) electrons. The van der Waals surface area contributed by atoms with E-state index in [1.807, 2.05) is 0 Å². The van der Waals surface area contributed by atoms with Crippen molar-refractivity contribution in [1.29, 1.82) is 0 Å². The van der Waals surface area contributed by atoms with Crippen LogP contribution < -0.4 is 15.8 Å². The summed E-state index contributed by atoms with van der Waals surface area (Å²) in [6.07, 6.45) is 10.0. The van der Waals surface area contributed by atoms with Crippen LogP contribution in [0.3, 0.4) is 0 Å². The van der Waals surface area contributed by atoms with Crippen molar-refractivity contribution in [1.82, 2.24) is 0 Å². The van der Waals surface area contributed by atoms with Gasteiger partial charge in [-0.15, -0.1) is 0 Å². The molecule has 3 heteroatoms. The fraction of sp³-hybridized carbons (Fsp3) is 0.400. The summed E-state index contributed by atoms with van der Waals surface area (Å²) in [7, 11) is 3.53. The molecule has 120 valence electrons. The first kappa shape index (κ1) is 14.7. The number of hydrogen-bond donors (Lipinski definition) is 1. The number of benzene rings is 1. The van der Waals surface area contributed by atoms with Gasteiger partial charge in [0.25, 0.3) is 0 Å². The lowest BCUT2D eigenvalue weighted by molar-refractivity contribution is 0.0724. The smallest absolute Gasteiger partial charge is 0.0616 e. The second kappa shape index (κ2) is 5.36. The third-order valence-electron chi connectivity index (χ3n) is 5.17. The monoisotopic (exact) mass is 309 g/mol. The quantitative estimate of drug-likeness (QED) is 0.918. The van der Waals surface area contributed by atoms with Gasteiger partial charge in [-0.05, 0) is 46.9 Å². The summed E-state index contributed by atoms with van der Waals surface area (Å²) < 4.78 is 11.2. The van der Waals surface area contributed by atoms with Gasteiger partial charge in [0.05, 0.1) is 18.6 Å². The van der Waals surface area contributed by atoms with E-state index in [0.29, 0.717) is 13.2 Å². The van der Waals surface area contributed by atoms with Crippen molar-refractivity contribution in [2.45, 2.75) is 13.3 Å². The molecule has 0 atom stereocenters. The number of allylic oxidation sites excluding steroid dienone is 3. The molecule has 1 aromatic carbocycles. The van der Waals surface area contributed by atoms with Gasteiger partial charge in [-0.3, -0.25) is 0 Å². The van der Waals surface area contributed by atoms with Crippen LogP contribution in [0.25, 0.3) is 11.6 Å². The Labute approximate surface area is 137 Å². The third-order valence-corrected chi connectivity index (χ3v) is 5.17. The largest absolute Gasteiger partial charge is 0.384 e. The highest BCUT2D eigenvalue weighted by Crippen LogP contribution is 2.41. The van der Waals surface area contributed by atoms with Crippen molar-refractivity contribution < 1.29 is 9.47 Å². The molecule has 0 unspecified atom stereocenters. The first-order valence-electron chi connectivity index (χ1n) is 8.21. The van der Waals surface area contributed by atoms with Crippen LogP contribution in [0.1, 0.15) is 11.1 Å². The van der Waals surface area contributed by atoms with E-state index in [9.17, 15) is 0 Å². The molecule has 0 saturated heterocycles. The average molecular weight is 309 g/mol. The van der Waals surface area contributed by atoms with Gasteiger partial charge in [-0.25, -0.2) is 0 Å². The molecule has 23 heavy (non-hydrogen) atoms. The van der Waals surface area contributed by atoms with Crippen LogP contribution >= 0.6 is 0 Å². The Morgan fingerprint density at radius 1 is 1.22 bits per heavy atom. The zero-order chi connectivity index (χ0) is 16.0. The lowest BCUT2D eigenvalue weighted by atomic mass is 9.74. The van der Waals surface area contributed by atoms with Gasteiger partial charge in [-0.2, -0.15) is 0 Å². The minimum atomic E-state index is -0.215. The van der Waals surface area contributed by atoms with Crippen molar-refractivity contribution in [2.75, 3.05) is 39.3 Å². The Balaban J connectivity index is 2.07. The van der Waals surface area contributed by atoms with Gasteiger partial charge in [0.2, 0.25) is 0 Å².